The van der Waals surface area contributed by atoms with Crippen LogP contribution in [0.3, 0.4) is 0 Å². The lowest BCUT2D eigenvalue weighted by Gasteiger charge is -2.39. The highest BCUT2D eigenvalue weighted by Crippen LogP contribution is 2.46. The van der Waals surface area contributed by atoms with Gasteiger partial charge in [-0.25, -0.2) is 4.52 Å². The number of carbonyl (C=O) groups excluding carboxylic acids is 1. The number of pyridine rings is 1. The van der Waals surface area contributed by atoms with E-state index in [2.05, 4.69) is 41.0 Å². The highest BCUT2D eigenvalue weighted by atomic mass is 16.1. The van der Waals surface area contributed by atoms with E-state index in [0.29, 0.717) is 17.1 Å². The van der Waals surface area contributed by atoms with Crippen LogP contribution >= 0.6 is 0 Å². The second kappa shape index (κ2) is 6.82. The van der Waals surface area contributed by atoms with Gasteiger partial charge in [-0.3, -0.25) is 4.79 Å². The number of aromatic nitrogens is 3. The zero-order valence-corrected chi connectivity index (χ0v) is 17.3. The highest BCUT2D eigenvalue weighted by Gasteiger charge is 2.49. The van der Waals surface area contributed by atoms with E-state index in [1.165, 1.54) is 6.20 Å². The van der Waals surface area contributed by atoms with Crippen LogP contribution in [0.5, 0.6) is 0 Å². The lowest BCUT2D eigenvalue weighted by molar-refractivity contribution is 0.100. The fourth-order valence-electron chi connectivity index (χ4n) is 4.13. The Balaban J connectivity index is 1.81. The summed E-state index contributed by atoms with van der Waals surface area (Å²) in [7, 11) is 0. The number of fused-ring (bicyclic) bond motifs is 1. The first kappa shape index (κ1) is 19.9. The predicted molar refractivity (Wildman–Crippen MR) is 116 cm³/mol. The topological polar surface area (TPSA) is 116 Å². The Hall–Kier alpha value is -3.44. The molecule has 154 valence electrons. The van der Waals surface area contributed by atoms with Crippen LogP contribution in [0.4, 0.5) is 11.5 Å². The molecule has 1 aliphatic carbocycles. The van der Waals surface area contributed by atoms with E-state index in [-0.39, 0.29) is 17.0 Å². The van der Waals surface area contributed by atoms with E-state index in [4.69, 9.17) is 18.0 Å². The fraction of sp³-hybridized carbons (Fsp3) is 0.364. The molecule has 30 heavy (non-hydrogen) atoms. The van der Waals surface area contributed by atoms with Gasteiger partial charge in [0.15, 0.2) is 0 Å². The average Bonchev–Trinajstić information content (AvgIpc) is 3.22. The van der Waals surface area contributed by atoms with Crippen LogP contribution in [-0.4, -0.2) is 32.1 Å². The largest absolute Gasteiger partial charge is 0.379 e. The maximum atomic E-state index is 12.1. The summed E-state index contributed by atoms with van der Waals surface area (Å²) in [4.78, 5) is 19.6. The molecule has 4 rings (SSSR count). The molecule has 3 heterocycles. The molecule has 8 nitrogen and oxygen atoms in total. The van der Waals surface area contributed by atoms with Crippen LogP contribution in [0, 0.1) is 12.0 Å². The fourth-order valence-corrected chi connectivity index (χ4v) is 4.13. The number of nitrogens with zero attached hydrogens (tertiary/aromatic N) is 4. The van der Waals surface area contributed by atoms with Crippen molar-refractivity contribution < 1.29 is 4.79 Å². The van der Waals surface area contributed by atoms with Crippen molar-refractivity contribution in [2.45, 2.75) is 45.2 Å². The van der Waals surface area contributed by atoms with Gasteiger partial charge in [-0.2, -0.15) is 5.10 Å². The van der Waals surface area contributed by atoms with E-state index in [0.717, 1.165) is 29.5 Å². The number of amides is 1. The van der Waals surface area contributed by atoms with Gasteiger partial charge in [-0.05, 0) is 31.9 Å². The zero-order chi connectivity index (χ0) is 21.7. The summed E-state index contributed by atoms with van der Waals surface area (Å²) in [5.41, 5.74) is 15.2. The predicted octanol–water partition coefficient (Wildman–Crippen LogP) is 3.36. The Morgan fingerprint density at radius 2 is 2.07 bits per heavy atom. The van der Waals surface area contributed by atoms with Crippen molar-refractivity contribution in [1.82, 2.24) is 14.6 Å². The number of anilines is 1. The van der Waals surface area contributed by atoms with Gasteiger partial charge < -0.3 is 21.6 Å². The molecule has 3 aromatic rings. The van der Waals surface area contributed by atoms with Gasteiger partial charge >= 0.3 is 0 Å². The van der Waals surface area contributed by atoms with Gasteiger partial charge in [0, 0.05) is 34.3 Å². The second-order valence-corrected chi connectivity index (χ2v) is 8.75. The van der Waals surface area contributed by atoms with Crippen LogP contribution in [-0.2, 0) is 0 Å². The van der Waals surface area contributed by atoms with E-state index >= 15 is 0 Å². The first-order valence-electron chi connectivity index (χ1n) is 9.84. The Bertz CT molecular complexity index is 1170. The number of hydrogen-bond donors (Lipinski definition) is 3. The van der Waals surface area contributed by atoms with Gasteiger partial charge in [-0.15, -0.1) is 4.98 Å². The summed E-state index contributed by atoms with van der Waals surface area (Å²) in [5, 5.41) is 7.93. The molecule has 0 unspecified atom stereocenters. The number of hydrogen-bond acceptors (Lipinski definition) is 5. The standard InChI is InChI=1S/C22H25N7O/c1-21(2)17(7-8-22(21,3)24)28-19-15(20(23)30)11-27-29-12-14(9-16(19)29)13-5-6-18(25-4)26-10-13/h5-6,9-12,17,28H,7-8,24H2,1-3H3,(H2,23,30)/t17-,22+/m1/s1. The molecule has 0 aliphatic heterocycles. The van der Waals surface area contributed by atoms with Crippen LogP contribution in [0.15, 0.2) is 36.8 Å². The summed E-state index contributed by atoms with van der Waals surface area (Å²) >= 11 is 0. The summed E-state index contributed by atoms with van der Waals surface area (Å²) < 4.78 is 1.72. The van der Waals surface area contributed by atoms with Crippen molar-refractivity contribution in [3.63, 3.8) is 0 Å². The molecule has 5 N–H and O–H groups in total. The maximum Gasteiger partial charge on any atom is 0.269 e. The minimum atomic E-state index is -0.537. The minimum absolute atomic E-state index is 0.0785. The van der Waals surface area contributed by atoms with E-state index in [9.17, 15) is 4.79 Å². The summed E-state index contributed by atoms with van der Waals surface area (Å²) in [6.45, 7) is 13.4. The summed E-state index contributed by atoms with van der Waals surface area (Å²) in [5.74, 6) is -0.197. The maximum absolute atomic E-state index is 12.1. The molecule has 3 aromatic heterocycles. The Morgan fingerprint density at radius 1 is 1.30 bits per heavy atom. The van der Waals surface area contributed by atoms with Crippen molar-refractivity contribution in [2.24, 2.45) is 16.9 Å². The summed E-state index contributed by atoms with van der Waals surface area (Å²) in [6.07, 6.45) is 6.79. The Kier molecular flexibility index (Phi) is 4.51. The van der Waals surface area contributed by atoms with Crippen LogP contribution in [0.25, 0.3) is 21.5 Å². The van der Waals surface area contributed by atoms with Gasteiger partial charge in [0.1, 0.15) is 6.20 Å². The minimum Gasteiger partial charge on any atom is -0.379 e. The smallest absolute Gasteiger partial charge is 0.269 e. The molecule has 0 bridgehead atoms. The molecule has 1 amide bonds. The van der Waals surface area contributed by atoms with Crippen LogP contribution in [0.1, 0.15) is 44.0 Å². The van der Waals surface area contributed by atoms with Gasteiger partial charge in [0.25, 0.3) is 11.7 Å². The molecule has 1 fully saturated rings. The summed E-state index contributed by atoms with van der Waals surface area (Å²) in [6, 6.07) is 5.54. The lowest BCUT2D eigenvalue weighted by Crippen LogP contribution is -2.51. The molecular weight excluding hydrogens is 378 g/mol. The number of primary amides is 1. The van der Waals surface area contributed by atoms with Crippen molar-refractivity contribution in [3.05, 3.63) is 53.8 Å². The Morgan fingerprint density at radius 3 is 2.63 bits per heavy atom. The molecular formula is C22H25N7O. The molecule has 8 heteroatoms. The number of rotatable bonds is 4. The molecule has 0 aromatic carbocycles. The normalized spacial score (nSPS) is 22.7. The third-order valence-corrected chi connectivity index (χ3v) is 6.71. The van der Waals surface area contributed by atoms with Gasteiger partial charge in [-0.1, -0.05) is 26.5 Å². The second-order valence-electron chi connectivity index (χ2n) is 8.75. The van der Waals surface area contributed by atoms with Crippen molar-refractivity contribution in [1.29, 1.82) is 0 Å². The first-order valence-corrected chi connectivity index (χ1v) is 9.84. The van der Waals surface area contributed by atoms with E-state index < -0.39 is 5.91 Å². The number of nitrogens with one attached hydrogen (secondary N) is 1. The van der Waals surface area contributed by atoms with Crippen LogP contribution in [0.2, 0.25) is 0 Å². The molecule has 1 saturated carbocycles. The van der Waals surface area contributed by atoms with E-state index in [1.807, 2.05) is 18.3 Å². The highest BCUT2D eigenvalue weighted by molar-refractivity contribution is 6.02. The van der Waals surface area contributed by atoms with Crippen molar-refractivity contribution in [3.8, 4) is 11.1 Å². The van der Waals surface area contributed by atoms with Crippen LogP contribution < -0.4 is 16.8 Å². The monoisotopic (exact) mass is 403 g/mol. The SMILES string of the molecule is [C-]#[N+]c1ccc(-c2cc3c(N[C@@H]4CC[C@](C)(N)C4(C)C)c(C(N)=O)cnn3c2)cn1. The molecule has 1 aliphatic rings. The molecule has 2 atom stereocenters. The number of nitrogens with two attached hydrogens (primary N) is 2. The zero-order valence-electron chi connectivity index (χ0n) is 17.3. The Labute approximate surface area is 175 Å². The first-order chi connectivity index (χ1) is 14.1. The lowest BCUT2D eigenvalue weighted by atomic mass is 9.75. The third kappa shape index (κ3) is 3.08. The molecule has 0 spiro atoms. The molecule has 0 saturated heterocycles. The average molecular weight is 403 g/mol. The van der Waals surface area contributed by atoms with Gasteiger partial charge in [0.05, 0.1) is 23.0 Å². The van der Waals surface area contributed by atoms with Crippen molar-refractivity contribution in [2.75, 3.05) is 5.32 Å². The third-order valence-electron chi connectivity index (χ3n) is 6.71. The van der Waals surface area contributed by atoms with Gasteiger partial charge in [0.2, 0.25) is 0 Å². The molecule has 0 radical (unpaired) electrons. The van der Waals surface area contributed by atoms with E-state index in [1.54, 1.807) is 16.8 Å². The quantitative estimate of drug-likeness (QED) is 0.578. The number of carbonyl (C=O) groups is 1. The van der Waals surface area contributed by atoms with Crippen molar-refractivity contribution >= 4 is 22.9 Å².